The lowest BCUT2D eigenvalue weighted by Gasteiger charge is -2.05. The van der Waals surface area contributed by atoms with Gasteiger partial charge in [0.2, 0.25) is 10.0 Å². The molecule has 0 spiro atoms. The van der Waals surface area contributed by atoms with E-state index in [1.54, 1.807) is 0 Å². The molecule has 2 N–H and O–H groups in total. The van der Waals surface area contributed by atoms with Crippen molar-refractivity contribution in [2.75, 3.05) is 24.7 Å². The molecular formula is C11H14N2O7S2. The number of esters is 1. The van der Waals surface area contributed by atoms with Crippen molar-refractivity contribution in [1.29, 1.82) is 0 Å². The molecule has 0 aliphatic heterocycles. The van der Waals surface area contributed by atoms with Gasteiger partial charge in [-0.1, -0.05) is 0 Å². The predicted molar refractivity (Wildman–Crippen MR) is 78.4 cm³/mol. The zero-order valence-electron chi connectivity index (χ0n) is 11.3. The molecule has 0 saturated heterocycles. The first-order valence-corrected chi connectivity index (χ1v) is 8.66. The van der Waals surface area contributed by atoms with E-state index >= 15 is 0 Å². The molecule has 0 saturated carbocycles. The monoisotopic (exact) mass is 350 g/mol. The smallest absolute Gasteiger partial charge is 0.338 e. The van der Waals surface area contributed by atoms with Crippen molar-refractivity contribution in [1.82, 2.24) is 0 Å². The van der Waals surface area contributed by atoms with Crippen molar-refractivity contribution in [3.63, 3.8) is 0 Å². The maximum atomic E-state index is 11.7. The summed E-state index contributed by atoms with van der Waals surface area (Å²) in [6.07, 6.45) is 0. The molecule has 0 aliphatic carbocycles. The predicted octanol–water partition coefficient (Wildman–Crippen LogP) is 0.432. The number of carbonyl (C=O) groups is 1. The number of nitrogens with two attached hydrogens (primary N) is 1. The Hall–Kier alpha value is -1.85. The number of rotatable bonds is 9. The van der Waals surface area contributed by atoms with E-state index in [0.29, 0.717) is 11.5 Å². The van der Waals surface area contributed by atoms with Crippen LogP contribution in [0, 0.1) is 10.1 Å². The fraction of sp³-hybridized carbons (Fsp3) is 0.364. The van der Waals surface area contributed by atoms with E-state index in [9.17, 15) is 23.3 Å². The van der Waals surface area contributed by atoms with Crippen molar-refractivity contribution in [3.8, 4) is 0 Å². The third-order valence-electron chi connectivity index (χ3n) is 2.30. The van der Waals surface area contributed by atoms with Gasteiger partial charge in [0.25, 0.3) is 5.09 Å². The number of ether oxygens (including phenoxy) is 1. The molecule has 1 aromatic rings. The summed E-state index contributed by atoms with van der Waals surface area (Å²) in [6, 6.07) is 5.05. The first-order chi connectivity index (χ1) is 10.3. The number of primary sulfonamides is 1. The fourth-order valence-electron chi connectivity index (χ4n) is 1.33. The van der Waals surface area contributed by atoms with Crippen molar-refractivity contribution >= 4 is 27.8 Å². The van der Waals surface area contributed by atoms with Crippen LogP contribution in [0.15, 0.2) is 29.2 Å². The van der Waals surface area contributed by atoms with E-state index in [2.05, 4.69) is 4.84 Å². The molecule has 0 unspecified atom stereocenters. The molecule has 9 nitrogen and oxygen atoms in total. The highest BCUT2D eigenvalue weighted by Gasteiger charge is 2.11. The van der Waals surface area contributed by atoms with Gasteiger partial charge in [0.15, 0.2) is 0 Å². The first-order valence-electron chi connectivity index (χ1n) is 5.96. The van der Waals surface area contributed by atoms with E-state index in [4.69, 9.17) is 9.88 Å². The summed E-state index contributed by atoms with van der Waals surface area (Å²) in [5, 5.41) is 14.0. The van der Waals surface area contributed by atoms with Crippen molar-refractivity contribution in [2.45, 2.75) is 4.90 Å². The van der Waals surface area contributed by atoms with E-state index in [0.717, 1.165) is 0 Å². The third-order valence-corrected chi connectivity index (χ3v) is 4.14. The van der Waals surface area contributed by atoms with Gasteiger partial charge in [-0.25, -0.2) is 18.4 Å². The Morgan fingerprint density at radius 1 is 1.23 bits per heavy atom. The van der Waals surface area contributed by atoms with Crippen LogP contribution in [0.2, 0.25) is 0 Å². The van der Waals surface area contributed by atoms with Crippen LogP contribution in [0.3, 0.4) is 0 Å². The normalized spacial score (nSPS) is 11.0. The molecular weight excluding hydrogens is 336 g/mol. The van der Waals surface area contributed by atoms with Gasteiger partial charge in [0.1, 0.15) is 13.2 Å². The SMILES string of the molecule is NS(=O)(=O)c1ccc(C(=O)OCCSCCO[N+](=O)[O-])cc1. The van der Waals surface area contributed by atoms with E-state index in [1.807, 2.05) is 0 Å². The lowest BCUT2D eigenvalue weighted by Crippen LogP contribution is -2.13. The van der Waals surface area contributed by atoms with Gasteiger partial charge in [-0.2, -0.15) is 11.8 Å². The number of hydrogen-bond donors (Lipinski definition) is 1. The molecule has 0 aliphatic rings. The van der Waals surface area contributed by atoms with Gasteiger partial charge in [-0.15, -0.1) is 10.1 Å². The topological polar surface area (TPSA) is 139 Å². The van der Waals surface area contributed by atoms with Crippen LogP contribution >= 0.6 is 11.8 Å². The average molecular weight is 350 g/mol. The summed E-state index contributed by atoms with van der Waals surface area (Å²) in [4.78, 5) is 25.6. The van der Waals surface area contributed by atoms with Gasteiger partial charge in [0.05, 0.1) is 10.5 Å². The zero-order chi connectivity index (χ0) is 16.6. The van der Waals surface area contributed by atoms with Crippen LogP contribution in [0.25, 0.3) is 0 Å². The summed E-state index contributed by atoms with van der Waals surface area (Å²) >= 11 is 1.34. The highest BCUT2D eigenvalue weighted by atomic mass is 32.2. The maximum absolute atomic E-state index is 11.7. The minimum absolute atomic E-state index is 0.0271. The van der Waals surface area contributed by atoms with Crippen LogP contribution in [0.5, 0.6) is 0 Å². The van der Waals surface area contributed by atoms with Gasteiger partial charge < -0.3 is 9.57 Å². The molecule has 1 aromatic carbocycles. The quantitative estimate of drug-likeness (QED) is 0.293. The maximum Gasteiger partial charge on any atom is 0.338 e. The molecule has 0 heterocycles. The lowest BCUT2D eigenvalue weighted by atomic mass is 10.2. The number of nitrogens with zero attached hydrogens (tertiary/aromatic N) is 1. The highest BCUT2D eigenvalue weighted by Crippen LogP contribution is 2.10. The van der Waals surface area contributed by atoms with Crippen molar-refractivity contribution in [3.05, 3.63) is 39.9 Å². The second-order valence-electron chi connectivity index (χ2n) is 3.87. The van der Waals surface area contributed by atoms with Crippen molar-refractivity contribution in [2.24, 2.45) is 5.14 Å². The number of benzene rings is 1. The van der Waals surface area contributed by atoms with Crippen LogP contribution in [-0.4, -0.2) is 44.2 Å². The minimum atomic E-state index is -3.80. The molecule has 22 heavy (non-hydrogen) atoms. The Balaban J connectivity index is 2.30. The Morgan fingerprint density at radius 2 is 1.82 bits per heavy atom. The van der Waals surface area contributed by atoms with Crippen LogP contribution in [0.1, 0.15) is 10.4 Å². The van der Waals surface area contributed by atoms with E-state index in [-0.39, 0.29) is 23.7 Å². The number of hydrogen-bond acceptors (Lipinski definition) is 8. The zero-order valence-corrected chi connectivity index (χ0v) is 13.0. The van der Waals surface area contributed by atoms with Crippen LogP contribution in [-0.2, 0) is 19.6 Å². The largest absolute Gasteiger partial charge is 0.461 e. The summed E-state index contributed by atoms with van der Waals surface area (Å²) in [7, 11) is -3.80. The summed E-state index contributed by atoms with van der Waals surface area (Å²) in [6.45, 7) is 0.0968. The van der Waals surface area contributed by atoms with E-state index in [1.165, 1.54) is 36.0 Å². The summed E-state index contributed by atoms with van der Waals surface area (Å²) < 4.78 is 27.1. The standard InChI is InChI=1S/C11H14N2O7S2/c12-22(17,18)10-3-1-9(2-4-10)11(14)19-5-7-21-8-6-20-13(15)16/h1-4H,5-8H2,(H2,12,17,18). The Bertz CT molecular complexity index is 616. The molecule has 122 valence electrons. The van der Waals surface area contributed by atoms with Gasteiger partial charge in [0, 0.05) is 11.5 Å². The second-order valence-corrected chi connectivity index (χ2v) is 6.66. The van der Waals surface area contributed by atoms with Gasteiger partial charge in [-0.3, -0.25) is 0 Å². The molecule has 11 heteroatoms. The Morgan fingerprint density at radius 3 is 2.36 bits per heavy atom. The molecule has 0 atom stereocenters. The number of thioether (sulfide) groups is 1. The molecule has 0 amide bonds. The van der Waals surface area contributed by atoms with Crippen LogP contribution in [0.4, 0.5) is 0 Å². The molecule has 0 fully saturated rings. The molecule has 0 aromatic heterocycles. The van der Waals surface area contributed by atoms with Gasteiger partial charge >= 0.3 is 5.97 Å². The van der Waals surface area contributed by atoms with Gasteiger partial charge in [-0.05, 0) is 24.3 Å². The van der Waals surface area contributed by atoms with Crippen LogP contribution < -0.4 is 5.14 Å². The molecule has 0 radical (unpaired) electrons. The average Bonchev–Trinajstić information content (AvgIpc) is 2.45. The molecule has 1 rings (SSSR count). The Labute approximate surface area is 130 Å². The van der Waals surface area contributed by atoms with Crippen molar-refractivity contribution < 1.29 is 27.9 Å². The second kappa shape index (κ2) is 8.56. The Kier molecular flexibility index (Phi) is 7.08. The minimum Gasteiger partial charge on any atom is -0.461 e. The highest BCUT2D eigenvalue weighted by molar-refractivity contribution is 7.99. The molecule has 0 bridgehead atoms. The number of carbonyl (C=O) groups excluding carboxylic acids is 1. The third kappa shape index (κ3) is 6.74. The summed E-state index contributed by atoms with van der Waals surface area (Å²) in [5.41, 5.74) is 0.203. The number of sulfonamides is 1. The van der Waals surface area contributed by atoms with E-state index < -0.39 is 21.1 Å². The fourth-order valence-corrected chi connectivity index (χ4v) is 2.44. The first kappa shape index (κ1) is 18.2. The summed E-state index contributed by atoms with van der Waals surface area (Å²) in [5.74, 6) is 0.270. The lowest BCUT2D eigenvalue weighted by molar-refractivity contribution is -0.756.